The molecule has 112 valence electrons. The molecule has 4 nitrogen and oxygen atoms in total. The van der Waals surface area contributed by atoms with Crippen LogP contribution < -0.4 is 10.5 Å². The average molecular weight is 306 g/mol. The van der Waals surface area contributed by atoms with Crippen LogP contribution in [0.3, 0.4) is 0 Å². The van der Waals surface area contributed by atoms with Crippen molar-refractivity contribution in [2.24, 2.45) is 5.73 Å². The Morgan fingerprint density at radius 3 is 2.57 bits per heavy atom. The minimum atomic E-state index is 0.322. The largest absolute Gasteiger partial charge is 0.424 e. The zero-order valence-corrected chi connectivity index (χ0v) is 13.5. The van der Waals surface area contributed by atoms with Gasteiger partial charge in [0.15, 0.2) is 0 Å². The fraction of sp³-hybridized carbons (Fsp3) is 0.375. The number of hydrogen-bond acceptors (Lipinski definition) is 4. The fourth-order valence-electron chi connectivity index (χ4n) is 2.04. The van der Waals surface area contributed by atoms with Crippen molar-refractivity contribution in [1.82, 2.24) is 9.97 Å². The summed E-state index contributed by atoms with van der Waals surface area (Å²) in [7, 11) is 0. The summed E-state index contributed by atoms with van der Waals surface area (Å²) >= 11 is 6.26. The van der Waals surface area contributed by atoms with Gasteiger partial charge in [0, 0.05) is 29.0 Å². The van der Waals surface area contributed by atoms with E-state index in [0.717, 1.165) is 33.2 Å². The van der Waals surface area contributed by atoms with Gasteiger partial charge in [-0.1, -0.05) is 25.4 Å². The van der Waals surface area contributed by atoms with E-state index >= 15 is 0 Å². The maximum absolute atomic E-state index is 6.26. The van der Waals surface area contributed by atoms with Gasteiger partial charge in [0.1, 0.15) is 5.75 Å². The second-order valence-electron chi connectivity index (χ2n) is 5.36. The van der Waals surface area contributed by atoms with Gasteiger partial charge in [0.05, 0.1) is 0 Å². The van der Waals surface area contributed by atoms with E-state index in [1.165, 1.54) is 0 Å². The maximum atomic E-state index is 6.26. The Hall–Kier alpha value is -1.65. The highest BCUT2D eigenvalue weighted by Crippen LogP contribution is 2.33. The molecule has 21 heavy (non-hydrogen) atoms. The van der Waals surface area contributed by atoms with Gasteiger partial charge in [-0.3, -0.25) is 0 Å². The van der Waals surface area contributed by atoms with Gasteiger partial charge in [0.2, 0.25) is 0 Å². The Morgan fingerprint density at radius 2 is 2.00 bits per heavy atom. The maximum Gasteiger partial charge on any atom is 0.322 e. The summed E-state index contributed by atoms with van der Waals surface area (Å²) in [6.07, 6.45) is 1.70. The van der Waals surface area contributed by atoms with E-state index in [1.807, 2.05) is 26.0 Å². The molecule has 0 radical (unpaired) electrons. The van der Waals surface area contributed by atoms with Crippen LogP contribution in [0.25, 0.3) is 0 Å². The lowest BCUT2D eigenvalue weighted by Crippen LogP contribution is -2.04. The van der Waals surface area contributed by atoms with Crippen LogP contribution in [0.2, 0.25) is 5.02 Å². The third kappa shape index (κ3) is 3.52. The standard InChI is InChI=1S/C16H20ClN3O/c1-9(2)13-6-15(10(3)5-14(13)17)21-16-19-8-12(7-18)11(4)20-16/h5-6,8-9H,7,18H2,1-4H3. The van der Waals surface area contributed by atoms with Crippen LogP contribution in [0.4, 0.5) is 0 Å². The lowest BCUT2D eigenvalue weighted by atomic mass is 10.0. The third-order valence-corrected chi connectivity index (χ3v) is 3.72. The van der Waals surface area contributed by atoms with Crippen LogP contribution in [0.15, 0.2) is 18.3 Å². The van der Waals surface area contributed by atoms with Crippen LogP contribution in [-0.2, 0) is 6.54 Å². The molecular formula is C16H20ClN3O. The van der Waals surface area contributed by atoms with Crippen molar-refractivity contribution in [2.75, 3.05) is 0 Å². The molecule has 2 N–H and O–H groups in total. The number of halogens is 1. The van der Waals surface area contributed by atoms with Crippen LogP contribution in [-0.4, -0.2) is 9.97 Å². The zero-order chi connectivity index (χ0) is 15.6. The molecule has 2 aromatic rings. The molecule has 0 aliphatic carbocycles. The van der Waals surface area contributed by atoms with Crippen molar-refractivity contribution in [3.63, 3.8) is 0 Å². The Kier molecular flexibility index (Phi) is 4.80. The van der Waals surface area contributed by atoms with E-state index in [0.29, 0.717) is 18.5 Å². The molecule has 0 unspecified atom stereocenters. The predicted octanol–water partition coefficient (Wildman–Crippen LogP) is 4.12. The van der Waals surface area contributed by atoms with Crippen LogP contribution in [0.1, 0.15) is 42.1 Å². The van der Waals surface area contributed by atoms with Crippen LogP contribution in [0, 0.1) is 13.8 Å². The van der Waals surface area contributed by atoms with Gasteiger partial charge in [-0.2, -0.15) is 4.98 Å². The van der Waals surface area contributed by atoms with Gasteiger partial charge >= 0.3 is 6.01 Å². The number of nitrogens with zero attached hydrogens (tertiary/aromatic N) is 2. The zero-order valence-electron chi connectivity index (χ0n) is 12.8. The summed E-state index contributed by atoms with van der Waals surface area (Å²) in [5.74, 6) is 1.05. The first-order valence-corrected chi connectivity index (χ1v) is 7.30. The van der Waals surface area contributed by atoms with Crippen molar-refractivity contribution in [3.05, 3.63) is 45.7 Å². The molecule has 0 amide bonds. The fourth-order valence-corrected chi connectivity index (χ4v) is 2.48. The molecule has 5 heteroatoms. The summed E-state index contributed by atoms with van der Waals surface area (Å²) < 4.78 is 5.81. The number of rotatable bonds is 4. The minimum Gasteiger partial charge on any atom is -0.424 e. The van der Waals surface area contributed by atoms with Gasteiger partial charge in [-0.15, -0.1) is 0 Å². The lowest BCUT2D eigenvalue weighted by molar-refractivity contribution is 0.435. The molecule has 0 saturated heterocycles. The molecule has 0 fully saturated rings. The van der Waals surface area contributed by atoms with Gasteiger partial charge < -0.3 is 10.5 Å². The number of aryl methyl sites for hydroxylation is 2. The van der Waals surface area contributed by atoms with Crippen molar-refractivity contribution >= 4 is 11.6 Å². The molecular weight excluding hydrogens is 286 g/mol. The molecule has 0 spiro atoms. The van der Waals surface area contributed by atoms with Crippen molar-refractivity contribution in [1.29, 1.82) is 0 Å². The molecule has 1 aromatic carbocycles. The summed E-state index contributed by atoms with van der Waals surface area (Å²) in [5.41, 5.74) is 9.36. The molecule has 0 atom stereocenters. The van der Waals surface area contributed by atoms with E-state index in [9.17, 15) is 0 Å². The highest BCUT2D eigenvalue weighted by Gasteiger charge is 2.12. The number of nitrogens with two attached hydrogens (primary N) is 1. The van der Waals surface area contributed by atoms with Gasteiger partial charge in [-0.05, 0) is 43.0 Å². The average Bonchev–Trinajstić information content (AvgIpc) is 2.41. The van der Waals surface area contributed by atoms with Crippen LogP contribution >= 0.6 is 11.6 Å². The molecule has 0 aliphatic heterocycles. The molecule has 1 heterocycles. The van der Waals surface area contributed by atoms with Crippen LogP contribution in [0.5, 0.6) is 11.8 Å². The highest BCUT2D eigenvalue weighted by atomic mass is 35.5. The number of aromatic nitrogens is 2. The molecule has 2 rings (SSSR count). The summed E-state index contributed by atoms with van der Waals surface area (Å²) in [4.78, 5) is 8.53. The van der Waals surface area contributed by atoms with E-state index in [2.05, 4.69) is 23.8 Å². The van der Waals surface area contributed by atoms with Crippen molar-refractivity contribution < 1.29 is 4.74 Å². The number of benzene rings is 1. The Balaban J connectivity index is 2.35. The van der Waals surface area contributed by atoms with E-state index in [-0.39, 0.29) is 0 Å². The van der Waals surface area contributed by atoms with Gasteiger partial charge in [-0.25, -0.2) is 4.98 Å². The first kappa shape index (κ1) is 15.7. The Labute approximate surface area is 130 Å². The number of ether oxygens (including phenoxy) is 1. The molecule has 1 aromatic heterocycles. The highest BCUT2D eigenvalue weighted by molar-refractivity contribution is 6.31. The SMILES string of the molecule is Cc1cc(Cl)c(C(C)C)cc1Oc1ncc(CN)c(C)n1. The molecule has 0 aliphatic rings. The van der Waals surface area contributed by atoms with E-state index in [4.69, 9.17) is 22.1 Å². The normalized spacial score (nSPS) is 11.0. The second kappa shape index (κ2) is 6.41. The Bertz CT molecular complexity index is 656. The predicted molar refractivity (Wildman–Crippen MR) is 85.0 cm³/mol. The monoisotopic (exact) mass is 305 g/mol. The first-order valence-electron chi connectivity index (χ1n) is 6.92. The second-order valence-corrected chi connectivity index (χ2v) is 5.77. The molecule has 0 saturated carbocycles. The van der Waals surface area contributed by atoms with E-state index in [1.54, 1.807) is 6.20 Å². The van der Waals surface area contributed by atoms with E-state index < -0.39 is 0 Å². The van der Waals surface area contributed by atoms with Crippen molar-refractivity contribution in [2.45, 2.75) is 40.2 Å². The quantitative estimate of drug-likeness (QED) is 0.923. The minimum absolute atomic E-state index is 0.322. The third-order valence-electron chi connectivity index (χ3n) is 3.40. The summed E-state index contributed by atoms with van der Waals surface area (Å²) in [6.45, 7) is 8.45. The summed E-state index contributed by atoms with van der Waals surface area (Å²) in [6, 6.07) is 4.19. The topological polar surface area (TPSA) is 61.0 Å². The number of hydrogen-bond donors (Lipinski definition) is 1. The smallest absolute Gasteiger partial charge is 0.322 e. The van der Waals surface area contributed by atoms with Gasteiger partial charge in [0.25, 0.3) is 0 Å². The Morgan fingerprint density at radius 1 is 1.29 bits per heavy atom. The van der Waals surface area contributed by atoms with Crippen molar-refractivity contribution in [3.8, 4) is 11.8 Å². The lowest BCUT2D eigenvalue weighted by Gasteiger charge is -2.14. The molecule has 0 bridgehead atoms. The first-order chi connectivity index (χ1) is 9.92. The summed E-state index contributed by atoms with van der Waals surface area (Å²) in [5, 5.41) is 0.755.